The van der Waals surface area contributed by atoms with Crippen LogP contribution >= 0.6 is 58.9 Å². The van der Waals surface area contributed by atoms with Crippen LogP contribution in [0.3, 0.4) is 0 Å². The maximum Gasteiger partial charge on any atom is 0.345 e. The molecule has 0 radical (unpaired) electrons. The van der Waals surface area contributed by atoms with Crippen LogP contribution in [0.2, 0.25) is 10.0 Å². The number of urea groups is 1. The molecule has 0 spiro atoms. The number of halogens is 2. The minimum atomic E-state index is -0.881. The number of hydrogen-bond acceptors (Lipinski definition) is 6. The second-order valence-corrected chi connectivity index (χ2v) is 12.7. The number of amides is 2. The van der Waals surface area contributed by atoms with Gasteiger partial charge >= 0.3 is 12.0 Å². The zero-order valence-corrected chi connectivity index (χ0v) is 25.0. The lowest BCUT2D eigenvalue weighted by molar-refractivity contribution is -0.135. The topological polar surface area (TPSA) is 58.6 Å². The van der Waals surface area contributed by atoms with Crippen molar-refractivity contribution >= 4 is 97.7 Å². The quantitative estimate of drug-likeness (QED) is 0.181. The third-order valence-corrected chi connectivity index (χ3v) is 10.4. The molecule has 3 aromatic carbocycles. The Morgan fingerprint density at radius 1 is 0.949 bits per heavy atom. The van der Waals surface area contributed by atoms with E-state index in [-0.39, 0.29) is 6.03 Å². The molecule has 0 fully saturated rings. The molecule has 5 rings (SSSR count). The van der Waals surface area contributed by atoms with Gasteiger partial charge in [-0.3, -0.25) is 4.90 Å². The average Bonchev–Trinajstić information content (AvgIpc) is 3.36. The molecule has 0 unspecified atom stereocenters. The summed E-state index contributed by atoms with van der Waals surface area (Å²) in [6.45, 7) is 3.83. The van der Waals surface area contributed by atoms with Gasteiger partial charge in [0.05, 0.1) is 37.5 Å². The van der Waals surface area contributed by atoms with E-state index in [2.05, 4.69) is 5.32 Å². The molecule has 0 saturated carbocycles. The lowest BCUT2D eigenvalue weighted by Gasteiger charge is -2.45. The fraction of sp³-hybridized carbons (Fsp3) is 0.138. The van der Waals surface area contributed by atoms with Crippen molar-refractivity contribution < 1.29 is 14.3 Å². The number of hydrogen-bond donors (Lipinski definition) is 1. The van der Waals surface area contributed by atoms with Crippen LogP contribution in [0.5, 0.6) is 0 Å². The van der Waals surface area contributed by atoms with Crippen LogP contribution in [0.4, 0.5) is 16.2 Å². The molecule has 10 heteroatoms. The highest BCUT2D eigenvalue weighted by atomic mass is 35.5. The number of fused-ring (bicyclic) bond motifs is 1. The first-order chi connectivity index (χ1) is 18.6. The monoisotopic (exact) mass is 612 g/mol. The van der Waals surface area contributed by atoms with Crippen LogP contribution in [0.15, 0.2) is 81.9 Å². The summed E-state index contributed by atoms with van der Waals surface area (Å²) in [6, 6.07) is 21.9. The lowest BCUT2D eigenvalue weighted by Crippen LogP contribution is -2.57. The Balaban J connectivity index is 1.59. The smallest absolute Gasteiger partial charge is 0.345 e. The van der Waals surface area contributed by atoms with Crippen LogP contribution < -0.4 is 10.2 Å². The van der Waals surface area contributed by atoms with Gasteiger partial charge in [-0.25, -0.2) is 9.59 Å². The van der Waals surface area contributed by atoms with Crippen molar-refractivity contribution in [1.82, 2.24) is 0 Å². The highest BCUT2D eigenvalue weighted by Crippen LogP contribution is 2.58. The maximum absolute atomic E-state index is 13.7. The van der Waals surface area contributed by atoms with Gasteiger partial charge in [0, 0.05) is 21.7 Å². The van der Waals surface area contributed by atoms with Gasteiger partial charge in [0.1, 0.15) is 4.91 Å². The van der Waals surface area contributed by atoms with Crippen molar-refractivity contribution in [3.05, 3.63) is 103 Å². The molecule has 5 nitrogen and oxygen atoms in total. The first-order valence-corrected chi connectivity index (χ1v) is 14.6. The summed E-state index contributed by atoms with van der Waals surface area (Å²) in [4.78, 5) is 30.1. The standard InChI is InChI=1S/C29H22Cl2N2O3S3/c1-29(2)25(37)22(27-38-23(16-9-5-4-6-10-16)24(39-27)26(34)36-3)18-11-7-8-12-21(18)33(29)28(35)32-17-13-14-19(30)20(31)15-17/h4-15H,1-3H3,(H,32,35)/b27-22+. The van der Waals surface area contributed by atoms with Gasteiger partial charge in [-0.15, -0.1) is 0 Å². The number of thiocarbonyl (C=S) groups is 1. The Bertz CT molecular complexity index is 1590. The summed E-state index contributed by atoms with van der Waals surface area (Å²) in [5, 5.41) is 3.67. The van der Waals surface area contributed by atoms with Crippen molar-refractivity contribution in [3.63, 3.8) is 0 Å². The summed E-state index contributed by atoms with van der Waals surface area (Å²) in [5.41, 5.74) is 2.88. The summed E-state index contributed by atoms with van der Waals surface area (Å²) in [6.07, 6.45) is 0. The number of anilines is 2. The summed E-state index contributed by atoms with van der Waals surface area (Å²) in [5.74, 6) is -0.404. The van der Waals surface area contributed by atoms with Crippen molar-refractivity contribution in [2.24, 2.45) is 0 Å². The molecule has 198 valence electrons. The van der Waals surface area contributed by atoms with E-state index in [0.29, 0.717) is 31.2 Å². The largest absolute Gasteiger partial charge is 0.465 e. The Labute approximate surface area is 250 Å². The Kier molecular flexibility index (Phi) is 7.86. The molecule has 0 saturated heterocycles. The number of ether oxygens (including phenoxy) is 1. The van der Waals surface area contributed by atoms with E-state index in [4.69, 9.17) is 40.2 Å². The van der Waals surface area contributed by atoms with E-state index in [1.807, 2.05) is 68.4 Å². The second kappa shape index (κ2) is 11.0. The number of methoxy groups -OCH3 is 1. The van der Waals surface area contributed by atoms with E-state index in [1.165, 1.54) is 30.6 Å². The third-order valence-electron chi connectivity index (χ3n) is 6.34. The Hall–Kier alpha value is -2.75. The van der Waals surface area contributed by atoms with E-state index >= 15 is 0 Å². The Morgan fingerprint density at radius 2 is 1.64 bits per heavy atom. The number of nitrogens with one attached hydrogen (secondary N) is 1. The normalized spacial score (nSPS) is 18.2. The van der Waals surface area contributed by atoms with Crippen LogP contribution in [0.25, 0.3) is 10.5 Å². The number of thioether (sulfide) groups is 2. The van der Waals surface area contributed by atoms with Crippen LogP contribution in [-0.4, -0.2) is 29.5 Å². The van der Waals surface area contributed by atoms with Crippen LogP contribution in [-0.2, 0) is 9.53 Å². The van der Waals surface area contributed by atoms with Crippen molar-refractivity contribution in [3.8, 4) is 0 Å². The predicted molar refractivity (Wildman–Crippen MR) is 169 cm³/mol. The van der Waals surface area contributed by atoms with Gasteiger partial charge < -0.3 is 10.1 Å². The summed E-state index contributed by atoms with van der Waals surface area (Å²) >= 11 is 21.1. The fourth-order valence-electron chi connectivity index (χ4n) is 4.44. The third kappa shape index (κ3) is 5.12. The highest BCUT2D eigenvalue weighted by molar-refractivity contribution is 8.32. The summed E-state index contributed by atoms with van der Waals surface area (Å²) in [7, 11) is 1.38. The number of carbonyl (C=O) groups excluding carboxylic acids is 2. The fourth-order valence-corrected chi connectivity index (χ4v) is 7.89. The van der Waals surface area contributed by atoms with Gasteiger partial charge in [-0.1, -0.05) is 107 Å². The molecule has 0 atom stereocenters. The molecular weight excluding hydrogens is 591 g/mol. The van der Waals surface area contributed by atoms with E-state index in [1.54, 1.807) is 23.1 Å². The SMILES string of the molecule is COC(=O)C1=C(c2ccccc2)S/C(=C2\C(=S)C(C)(C)N(C(=O)Nc3ccc(Cl)c(Cl)c3)c3ccccc32)S1. The predicted octanol–water partition coefficient (Wildman–Crippen LogP) is 8.88. The number of rotatable bonds is 3. The zero-order valence-electron chi connectivity index (χ0n) is 21.1. The molecule has 2 heterocycles. The number of carbonyl (C=O) groups is 2. The molecule has 39 heavy (non-hydrogen) atoms. The molecule has 1 N–H and O–H groups in total. The number of esters is 1. The molecule has 0 aromatic heterocycles. The van der Waals surface area contributed by atoms with Crippen LogP contribution in [0.1, 0.15) is 25.0 Å². The first-order valence-electron chi connectivity index (χ1n) is 11.8. The highest BCUT2D eigenvalue weighted by Gasteiger charge is 2.45. The number of nitrogens with zero attached hydrogens (tertiary/aromatic N) is 1. The molecule has 2 amide bonds. The van der Waals surface area contributed by atoms with E-state index in [0.717, 1.165) is 25.8 Å². The molecule has 2 aliphatic heterocycles. The second-order valence-electron chi connectivity index (χ2n) is 9.18. The Morgan fingerprint density at radius 3 is 2.33 bits per heavy atom. The number of para-hydroxylation sites is 1. The van der Waals surface area contributed by atoms with Gasteiger partial charge in [0.15, 0.2) is 0 Å². The van der Waals surface area contributed by atoms with Gasteiger partial charge in [-0.2, -0.15) is 0 Å². The minimum Gasteiger partial charge on any atom is -0.465 e. The van der Waals surface area contributed by atoms with Crippen molar-refractivity contribution in [2.45, 2.75) is 19.4 Å². The van der Waals surface area contributed by atoms with E-state index in [9.17, 15) is 9.59 Å². The van der Waals surface area contributed by atoms with Crippen molar-refractivity contribution in [1.29, 1.82) is 0 Å². The van der Waals surface area contributed by atoms with Crippen molar-refractivity contribution in [2.75, 3.05) is 17.3 Å². The number of benzene rings is 3. The van der Waals surface area contributed by atoms with E-state index < -0.39 is 11.5 Å². The van der Waals surface area contributed by atoms with Gasteiger partial charge in [0.2, 0.25) is 0 Å². The summed E-state index contributed by atoms with van der Waals surface area (Å²) < 4.78 is 5.98. The molecule has 0 aliphatic carbocycles. The van der Waals surface area contributed by atoms with Crippen LogP contribution in [0, 0.1) is 0 Å². The lowest BCUT2D eigenvalue weighted by atomic mass is 9.83. The molecule has 0 bridgehead atoms. The van der Waals surface area contributed by atoms with Gasteiger partial charge in [0.25, 0.3) is 0 Å². The maximum atomic E-state index is 13.7. The van der Waals surface area contributed by atoms with Gasteiger partial charge in [-0.05, 0) is 43.7 Å². The average molecular weight is 614 g/mol. The first kappa shape index (κ1) is 27.8. The molecule has 2 aliphatic rings. The zero-order chi connectivity index (χ0) is 27.9. The molecule has 3 aromatic rings. The molecular formula is C29H22Cl2N2O3S3. The minimum absolute atomic E-state index is 0.341.